The van der Waals surface area contributed by atoms with Gasteiger partial charge in [0.05, 0.1) is 13.0 Å². The molecule has 0 bridgehead atoms. The Kier molecular flexibility index (Phi) is 5.75. The second-order valence-corrected chi connectivity index (χ2v) is 8.49. The van der Waals surface area contributed by atoms with E-state index in [0.717, 1.165) is 16.0 Å². The monoisotopic (exact) mass is 399 g/mol. The number of carbonyl (C=O) groups excluding carboxylic acids is 1. The molecule has 0 spiro atoms. The van der Waals surface area contributed by atoms with Crippen LogP contribution in [0.2, 0.25) is 0 Å². The van der Waals surface area contributed by atoms with Crippen molar-refractivity contribution in [2.24, 2.45) is 5.41 Å². The number of halogens is 1. The molecule has 5 nitrogen and oxygen atoms in total. The van der Waals surface area contributed by atoms with Crippen molar-refractivity contribution in [3.8, 4) is 0 Å². The van der Waals surface area contributed by atoms with Gasteiger partial charge in [0, 0.05) is 11.6 Å². The van der Waals surface area contributed by atoms with Crippen molar-refractivity contribution < 1.29 is 23.8 Å². The molecule has 2 unspecified atom stereocenters. The molecule has 154 valence electrons. The van der Waals surface area contributed by atoms with E-state index in [4.69, 9.17) is 4.74 Å². The summed E-state index contributed by atoms with van der Waals surface area (Å²) in [6, 6.07) is 14.3. The lowest BCUT2D eigenvalue weighted by atomic mass is 9.74. The van der Waals surface area contributed by atoms with Gasteiger partial charge in [0.25, 0.3) is 0 Å². The van der Waals surface area contributed by atoms with Gasteiger partial charge < -0.3 is 9.84 Å². The van der Waals surface area contributed by atoms with E-state index >= 15 is 0 Å². The van der Waals surface area contributed by atoms with E-state index in [2.05, 4.69) is 0 Å². The predicted octanol–water partition coefficient (Wildman–Crippen LogP) is 4.89. The fourth-order valence-corrected chi connectivity index (χ4v) is 4.09. The summed E-state index contributed by atoms with van der Waals surface area (Å²) in [4.78, 5) is 25.3. The van der Waals surface area contributed by atoms with E-state index in [1.807, 2.05) is 63.2 Å². The highest BCUT2D eigenvalue weighted by molar-refractivity contribution is 5.74. The van der Waals surface area contributed by atoms with Gasteiger partial charge in [0.15, 0.2) is 5.72 Å². The first-order valence-electron chi connectivity index (χ1n) is 9.62. The van der Waals surface area contributed by atoms with Crippen molar-refractivity contribution in [1.82, 2.24) is 4.90 Å². The van der Waals surface area contributed by atoms with Crippen molar-refractivity contribution in [3.05, 3.63) is 71.3 Å². The number of benzene rings is 2. The van der Waals surface area contributed by atoms with Gasteiger partial charge in [-0.3, -0.25) is 9.69 Å². The summed E-state index contributed by atoms with van der Waals surface area (Å²) in [6.45, 7) is 5.84. The molecular weight excluding hydrogens is 373 g/mol. The fourth-order valence-electron chi connectivity index (χ4n) is 4.09. The largest absolute Gasteiger partial charge is 0.465 e. The molecule has 29 heavy (non-hydrogen) atoms. The highest BCUT2D eigenvalue weighted by Crippen LogP contribution is 2.47. The molecule has 1 aliphatic heterocycles. The van der Waals surface area contributed by atoms with Crippen molar-refractivity contribution >= 4 is 12.1 Å². The Morgan fingerprint density at radius 2 is 1.76 bits per heavy atom. The minimum Gasteiger partial charge on any atom is -0.465 e. The Morgan fingerprint density at radius 3 is 2.34 bits per heavy atom. The molecule has 1 heterocycles. The average molecular weight is 399 g/mol. The quantitative estimate of drug-likeness (QED) is 0.727. The van der Waals surface area contributed by atoms with Crippen LogP contribution in [0.15, 0.2) is 54.6 Å². The third-order valence-corrected chi connectivity index (χ3v) is 5.46. The summed E-state index contributed by atoms with van der Waals surface area (Å²) < 4.78 is 20.1. The first-order chi connectivity index (χ1) is 13.6. The van der Waals surface area contributed by atoms with Crippen molar-refractivity contribution in [2.45, 2.75) is 52.0 Å². The molecule has 2 aromatic carbocycles. The van der Waals surface area contributed by atoms with Crippen LogP contribution in [0.5, 0.6) is 0 Å². The molecule has 3 rings (SSSR count). The fraction of sp³-hybridized carbons (Fsp3) is 0.391. The van der Waals surface area contributed by atoms with Gasteiger partial charge in [-0.25, -0.2) is 4.79 Å². The Bertz CT molecular complexity index is 893. The van der Waals surface area contributed by atoms with E-state index in [0.29, 0.717) is 12.0 Å². The average Bonchev–Trinajstić information content (AvgIpc) is 2.65. The van der Waals surface area contributed by atoms with Crippen molar-refractivity contribution in [2.75, 3.05) is 0 Å². The molecule has 0 fully saturated rings. The van der Waals surface area contributed by atoms with Gasteiger partial charge in [-0.1, -0.05) is 75.4 Å². The van der Waals surface area contributed by atoms with E-state index < -0.39 is 35.7 Å². The lowest BCUT2D eigenvalue weighted by Gasteiger charge is -2.53. The molecule has 6 heteroatoms. The molecule has 1 N–H and O–H groups in total. The second kappa shape index (κ2) is 7.95. The smallest absolute Gasteiger partial charge is 0.410 e. The van der Waals surface area contributed by atoms with E-state index in [1.54, 1.807) is 12.1 Å². The zero-order valence-corrected chi connectivity index (χ0v) is 16.9. The number of fused-ring (bicyclic) bond motifs is 1. The lowest BCUT2D eigenvalue weighted by molar-refractivity contribution is -0.198. The zero-order chi connectivity index (χ0) is 21.2. The summed E-state index contributed by atoms with van der Waals surface area (Å²) >= 11 is 0. The molecule has 2 aromatic rings. The third-order valence-electron chi connectivity index (χ3n) is 5.46. The number of nitrogens with zero attached hydrogens (tertiary/aromatic N) is 1. The second-order valence-electron chi connectivity index (χ2n) is 8.49. The first kappa shape index (κ1) is 21.0. The maximum atomic E-state index is 13.9. The normalized spacial score (nSPS) is 21.5. The summed E-state index contributed by atoms with van der Waals surface area (Å²) in [5.41, 5.74) is -0.00427. The van der Waals surface area contributed by atoms with Crippen LogP contribution >= 0.6 is 0 Å². The van der Waals surface area contributed by atoms with Gasteiger partial charge in [0.2, 0.25) is 0 Å². The van der Waals surface area contributed by atoms with Crippen LogP contribution in [-0.2, 0) is 28.3 Å². The SMILES string of the molecule is CC(C)(C)C1Cc2ccccc2C(CC(=O)F)(OCc2ccccc2)N1C(=O)O. The van der Waals surface area contributed by atoms with E-state index in [1.165, 1.54) is 0 Å². The summed E-state index contributed by atoms with van der Waals surface area (Å²) in [6.07, 6.45) is -1.48. The number of ether oxygens (including phenoxy) is 1. The molecule has 1 amide bonds. The van der Waals surface area contributed by atoms with Gasteiger partial charge in [-0.15, -0.1) is 0 Å². The third kappa shape index (κ3) is 4.17. The molecule has 0 saturated heterocycles. The van der Waals surface area contributed by atoms with E-state index in [9.17, 15) is 19.1 Å². The Labute approximate surface area is 170 Å². The number of carbonyl (C=O) groups is 2. The molecule has 1 aliphatic rings. The van der Waals surface area contributed by atoms with Crippen LogP contribution in [0.4, 0.5) is 9.18 Å². The zero-order valence-electron chi connectivity index (χ0n) is 16.9. The van der Waals surface area contributed by atoms with Gasteiger partial charge in [0.1, 0.15) is 0 Å². The first-order valence-corrected chi connectivity index (χ1v) is 9.62. The van der Waals surface area contributed by atoms with E-state index in [-0.39, 0.29) is 6.61 Å². The van der Waals surface area contributed by atoms with Crippen LogP contribution in [0.3, 0.4) is 0 Å². The number of rotatable bonds is 5. The predicted molar refractivity (Wildman–Crippen MR) is 107 cm³/mol. The molecule has 0 radical (unpaired) electrons. The molecule has 2 atom stereocenters. The van der Waals surface area contributed by atoms with Gasteiger partial charge in [-0.05, 0) is 23.0 Å². The maximum Gasteiger partial charge on any atom is 0.410 e. The molecular formula is C23H26FNO4. The van der Waals surface area contributed by atoms with Crippen LogP contribution < -0.4 is 0 Å². The van der Waals surface area contributed by atoms with Crippen LogP contribution in [0, 0.1) is 5.41 Å². The number of hydrogen-bond acceptors (Lipinski definition) is 3. The minimum absolute atomic E-state index is 0.0447. The number of carboxylic acid groups (broad SMARTS) is 1. The Morgan fingerprint density at radius 1 is 1.14 bits per heavy atom. The standard InChI is InChI=1S/C23H26FNO4/c1-22(2,3)19-13-17-11-7-8-12-18(17)23(14-20(24)26,25(19)21(27)28)29-15-16-9-5-4-6-10-16/h4-12,19H,13-15H2,1-3H3,(H,27,28). The highest BCUT2D eigenvalue weighted by atomic mass is 19.1. The number of hydrogen-bond donors (Lipinski definition) is 1. The molecule has 0 aliphatic carbocycles. The van der Waals surface area contributed by atoms with Crippen LogP contribution in [-0.4, -0.2) is 28.2 Å². The Hall–Kier alpha value is -2.73. The van der Waals surface area contributed by atoms with Crippen molar-refractivity contribution in [3.63, 3.8) is 0 Å². The Balaban J connectivity index is 2.18. The highest BCUT2D eigenvalue weighted by Gasteiger charge is 2.54. The lowest BCUT2D eigenvalue weighted by Crippen LogP contribution is -2.63. The topological polar surface area (TPSA) is 66.8 Å². The number of amides is 1. The van der Waals surface area contributed by atoms with Gasteiger partial charge in [-0.2, -0.15) is 4.39 Å². The summed E-state index contributed by atoms with van der Waals surface area (Å²) in [5, 5.41) is 10.2. The summed E-state index contributed by atoms with van der Waals surface area (Å²) in [7, 11) is 0. The maximum absolute atomic E-state index is 13.9. The minimum atomic E-state index is -1.74. The molecule has 0 saturated carbocycles. The van der Waals surface area contributed by atoms with Crippen LogP contribution in [0.25, 0.3) is 0 Å². The van der Waals surface area contributed by atoms with Crippen LogP contribution in [0.1, 0.15) is 43.9 Å². The molecule has 0 aromatic heterocycles. The van der Waals surface area contributed by atoms with Crippen molar-refractivity contribution in [1.29, 1.82) is 0 Å². The summed E-state index contributed by atoms with van der Waals surface area (Å²) in [5.74, 6) is 0. The van der Waals surface area contributed by atoms with Gasteiger partial charge >= 0.3 is 12.1 Å².